The third-order valence-electron chi connectivity index (χ3n) is 7.09. The van der Waals surface area contributed by atoms with Gasteiger partial charge in [0.05, 0.1) is 26.4 Å². The van der Waals surface area contributed by atoms with E-state index < -0.39 is 0 Å². The summed E-state index contributed by atoms with van der Waals surface area (Å²) in [5, 5.41) is 0. The minimum absolute atomic E-state index is 0.537. The van der Waals surface area contributed by atoms with Crippen molar-refractivity contribution in [2.75, 3.05) is 46.1 Å². The molecule has 4 aromatic carbocycles. The lowest BCUT2D eigenvalue weighted by Crippen LogP contribution is -2.07. The van der Waals surface area contributed by atoms with Crippen LogP contribution in [0.25, 0.3) is 33.4 Å². The van der Waals surface area contributed by atoms with E-state index in [2.05, 4.69) is 73.7 Å². The Balaban J connectivity index is 1.82. The summed E-state index contributed by atoms with van der Waals surface area (Å²) < 4.78 is 24.4. The van der Waals surface area contributed by atoms with Gasteiger partial charge in [-0.15, -0.1) is 0 Å². The Morgan fingerprint density at radius 2 is 0.750 bits per heavy atom. The summed E-state index contributed by atoms with van der Waals surface area (Å²) in [5.41, 5.74) is 23.5. The normalized spacial score (nSPS) is 10.9. The Bertz CT molecular complexity index is 1290. The number of nitrogens with two attached hydrogens (primary N) is 3. The molecule has 0 amide bonds. The fourth-order valence-electron chi connectivity index (χ4n) is 4.72. The molecule has 44 heavy (non-hydrogen) atoms. The van der Waals surface area contributed by atoms with Crippen molar-refractivity contribution in [1.29, 1.82) is 0 Å². The molecular formula is C37H47N3O4. The van der Waals surface area contributed by atoms with Gasteiger partial charge >= 0.3 is 0 Å². The predicted octanol–water partition coefficient (Wildman–Crippen LogP) is 7.05. The molecule has 0 atom stereocenters. The third-order valence-corrected chi connectivity index (χ3v) is 7.09. The van der Waals surface area contributed by atoms with Crippen molar-refractivity contribution in [3.8, 4) is 56.4 Å². The summed E-state index contributed by atoms with van der Waals surface area (Å²) in [7, 11) is 0. The fourth-order valence-corrected chi connectivity index (χ4v) is 4.72. The van der Waals surface area contributed by atoms with Gasteiger partial charge in [-0.1, -0.05) is 43.7 Å². The number of hydrogen-bond acceptors (Lipinski definition) is 7. The van der Waals surface area contributed by atoms with Crippen LogP contribution in [0, 0.1) is 0 Å². The number of benzene rings is 4. The lowest BCUT2D eigenvalue weighted by Gasteiger charge is -2.16. The molecule has 0 spiro atoms. The van der Waals surface area contributed by atoms with Gasteiger partial charge in [-0.25, -0.2) is 0 Å². The van der Waals surface area contributed by atoms with Crippen LogP contribution in [0.5, 0.6) is 23.0 Å². The molecule has 7 nitrogen and oxygen atoms in total. The van der Waals surface area contributed by atoms with E-state index in [1.54, 1.807) is 0 Å². The second-order valence-corrected chi connectivity index (χ2v) is 10.7. The van der Waals surface area contributed by atoms with Crippen molar-refractivity contribution in [3.63, 3.8) is 0 Å². The maximum atomic E-state index is 6.15. The van der Waals surface area contributed by atoms with Crippen LogP contribution >= 0.6 is 0 Å². The Kier molecular flexibility index (Phi) is 13.4. The Hall–Kier alpha value is -4.04. The van der Waals surface area contributed by atoms with Crippen molar-refractivity contribution in [1.82, 2.24) is 0 Å². The quantitative estimate of drug-likeness (QED) is 0.0992. The topological polar surface area (TPSA) is 115 Å². The fraction of sp³-hybridized carbons (Fsp3) is 0.351. The Morgan fingerprint density at radius 3 is 1.11 bits per heavy atom. The smallest absolute Gasteiger partial charge is 0.123 e. The van der Waals surface area contributed by atoms with E-state index in [4.69, 9.17) is 36.1 Å². The van der Waals surface area contributed by atoms with Gasteiger partial charge in [-0.3, -0.25) is 0 Å². The van der Waals surface area contributed by atoms with E-state index in [0.29, 0.717) is 46.1 Å². The number of rotatable bonds is 19. The van der Waals surface area contributed by atoms with Crippen LogP contribution in [0.3, 0.4) is 0 Å². The molecule has 6 N–H and O–H groups in total. The first-order valence-electron chi connectivity index (χ1n) is 15.8. The summed E-state index contributed by atoms with van der Waals surface area (Å²) in [5.74, 6) is 3.04. The van der Waals surface area contributed by atoms with Crippen LogP contribution in [-0.2, 0) is 0 Å². The van der Waals surface area contributed by atoms with E-state index in [9.17, 15) is 0 Å². The van der Waals surface area contributed by atoms with Gasteiger partial charge in [0, 0.05) is 12.1 Å². The maximum Gasteiger partial charge on any atom is 0.123 e. The van der Waals surface area contributed by atoms with Crippen LogP contribution < -0.4 is 36.1 Å². The van der Waals surface area contributed by atoms with Gasteiger partial charge in [0.15, 0.2) is 0 Å². The van der Waals surface area contributed by atoms with Crippen LogP contribution in [0.1, 0.15) is 39.0 Å². The molecule has 4 aromatic rings. The second-order valence-electron chi connectivity index (χ2n) is 10.7. The largest absolute Gasteiger partial charge is 0.493 e. The first kappa shape index (κ1) is 32.9. The molecule has 0 unspecified atom stereocenters. The van der Waals surface area contributed by atoms with Crippen molar-refractivity contribution in [3.05, 3.63) is 84.9 Å². The molecule has 4 rings (SSSR count). The molecule has 0 aliphatic heterocycles. The highest BCUT2D eigenvalue weighted by Gasteiger charge is 2.13. The summed E-state index contributed by atoms with van der Waals surface area (Å²) in [6.45, 7) is 6.15. The number of ether oxygens (including phenoxy) is 4. The lowest BCUT2D eigenvalue weighted by molar-refractivity contribution is 0.296. The summed E-state index contributed by atoms with van der Waals surface area (Å²) in [6.07, 6.45) is 4.38. The van der Waals surface area contributed by atoms with Gasteiger partial charge in [0.1, 0.15) is 23.0 Å². The van der Waals surface area contributed by atoms with Crippen molar-refractivity contribution in [2.24, 2.45) is 17.2 Å². The SMILES string of the molecule is CCCCOc1cc(OCCCN)cc(-c2cc(-c3ccccc3)cc(-c3cc(OCCCN)cc(OCCCN)c3)c2)c1. The maximum absolute atomic E-state index is 6.15. The molecule has 0 saturated heterocycles. The van der Waals surface area contributed by atoms with E-state index >= 15 is 0 Å². The first-order chi connectivity index (χ1) is 21.6. The molecule has 0 radical (unpaired) electrons. The van der Waals surface area contributed by atoms with Crippen LogP contribution in [0.15, 0.2) is 84.9 Å². The molecule has 0 saturated carbocycles. The molecule has 0 bridgehead atoms. The summed E-state index contributed by atoms with van der Waals surface area (Å²) in [4.78, 5) is 0. The minimum Gasteiger partial charge on any atom is -0.493 e. The number of hydrogen-bond donors (Lipinski definition) is 3. The lowest BCUT2D eigenvalue weighted by atomic mass is 9.93. The highest BCUT2D eigenvalue weighted by Crippen LogP contribution is 2.38. The highest BCUT2D eigenvalue weighted by atomic mass is 16.5. The van der Waals surface area contributed by atoms with Crippen molar-refractivity contribution >= 4 is 0 Å². The summed E-state index contributed by atoms with van der Waals surface area (Å²) in [6, 6.07) is 29.2. The van der Waals surface area contributed by atoms with Gasteiger partial charge in [-0.2, -0.15) is 0 Å². The molecule has 0 aromatic heterocycles. The van der Waals surface area contributed by atoms with Crippen LogP contribution in [-0.4, -0.2) is 46.1 Å². The second kappa shape index (κ2) is 17.9. The molecule has 0 fully saturated rings. The van der Waals surface area contributed by atoms with Gasteiger partial charge in [0.25, 0.3) is 0 Å². The van der Waals surface area contributed by atoms with Crippen LogP contribution in [0.2, 0.25) is 0 Å². The molecule has 0 heterocycles. The molecule has 0 aliphatic carbocycles. The zero-order chi connectivity index (χ0) is 31.0. The first-order valence-corrected chi connectivity index (χ1v) is 15.8. The zero-order valence-corrected chi connectivity index (χ0v) is 25.9. The average molecular weight is 598 g/mol. The van der Waals surface area contributed by atoms with E-state index in [1.165, 1.54) is 0 Å². The average Bonchev–Trinajstić information content (AvgIpc) is 3.05. The highest BCUT2D eigenvalue weighted by molar-refractivity contribution is 5.82. The molecule has 0 aliphatic rings. The molecule has 7 heteroatoms. The van der Waals surface area contributed by atoms with Crippen LogP contribution in [0.4, 0.5) is 0 Å². The summed E-state index contributed by atoms with van der Waals surface area (Å²) >= 11 is 0. The zero-order valence-electron chi connectivity index (χ0n) is 25.9. The van der Waals surface area contributed by atoms with Gasteiger partial charge in [-0.05, 0) is 121 Å². The van der Waals surface area contributed by atoms with E-state index in [-0.39, 0.29) is 0 Å². The molecule has 234 valence electrons. The predicted molar refractivity (Wildman–Crippen MR) is 181 cm³/mol. The van der Waals surface area contributed by atoms with E-state index in [1.807, 2.05) is 18.2 Å². The van der Waals surface area contributed by atoms with E-state index in [0.717, 1.165) is 88.5 Å². The Morgan fingerprint density at radius 1 is 0.409 bits per heavy atom. The number of unbranched alkanes of at least 4 members (excludes halogenated alkanes) is 1. The standard InChI is InChI=1S/C37H47N3O4/c1-2-3-15-41-34-22-32(23-35(26-34)42-16-7-12-38)30-19-29(28-10-5-4-6-11-28)20-31(21-30)33-24-36(43-17-8-13-39)27-37(25-33)44-18-9-14-40/h4-6,10-11,19-27H,2-3,7-9,12-18,38-40H2,1H3. The van der Waals surface area contributed by atoms with Crippen molar-refractivity contribution < 1.29 is 18.9 Å². The monoisotopic (exact) mass is 597 g/mol. The third kappa shape index (κ3) is 10.0. The molecular weight excluding hydrogens is 550 g/mol. The Labute approximate surface area is 262 Å². The van der Waals surface area contributed by atoms with Gasteiger partial charge in [0.2, 0.25) is 0 Å². The van der Waals surface area contributed by atoms with Crippen molar-refractivity contribution in [2.45, 2.75) is 39.0 Å². The minimum atomic E-state index is 0.537. The van der Waals surface area contributed by atoms with Gasteiger partial charge < -0.3 is 36.1 Å².